The van der Waals surface area contributed by atoms with Crippen LogP contribution in [0.25, 0.3) is 11.1 Å². The highest BCUT2D eigenvalue weighted by Crippen LogP contribution is 2.23. The van der Waals surface area contributed by atoms with E-state index in [2.05, 4.69) is 53.8 Å². The Morgan fingerprint density at radius 3 is 2.75 bits per heavy atom. The van der Waals surface area contributed by atoms with Crippen molar-refractivity contribution in [1.29, 1.82) is 0 Å². The van der Waals surface area contributed by atoms with Crippen molar-refractivity contribution < 1.29 is 0 Å². The van der Waals surface area contributed by atoms with Gasteiger partial charge in [-0.25, -0.2) is 0 Å². The molecular weight excluding hydrogens is 248 g/mol. The molecule has 2 rings (SSSR count). The van der Waals surface area contributed by atoms with Gasteiger partial charge in [0.15, 0.2) is 0 Å². The Kier molecular flexibility index (Phi) is 4.90. The monoisotopic (exact) mass is 272 g/mol. The van der Waals surface area contributed by atoms with Crippen LogP contribution >= 0.6 is 0 Å². The summed E-state index contributed by atoms with van der Waals surface area (Å²) in [5, 5.41) is 7.88. The van der Waals surface area contributed by atoms with Crippen molar-refractivity contribution in [1.82, 2.24) is 20.1 Å². The van der Waals surface area contributed by atoms with E-state index in [1.165, 1.54) is 16.8 Å². The molecule has 108 valence electrons. The topological polar surface area (TPSA) is 42.7 Å². The Hall–Kier alpha value is -1.68. The van der Waals surface area contributed by atoms with Crippen LogP contribution in [0.15, 0.2) is 24.7 Å². The number of nitrogens with one attached hydrogen (secondary N) is 1. The quantitative estimate of drug-likeness (QED) is 0.878. The van der Waals surface area contributed by atoms with Crippen LogP contribution in [0.3, 0.4) is 0 Å². The van der Waals surface area contributed by atoms with Gasteiger partial charge in [0.25, 0.3) is 0 Å². The van der Waals surface area contributed by atoms with E-state index < -0.39 is 0 Å². The van der Waals surface area contributed by atoms with Gasteiger partial charge in [-0.1, -0.05) is 20.8 Å². The van der Waals surface area contributed by atoms with E-state index in [1.54, 1.807) is 0 Å². The molecule has 1 N–H and O–H groups in total. The summed E-state index contributed by atoms with van der Waals surface area (Å²) in [6.07, 6.45) is 6.88. The second-order valence-electron chi connectivity index (χ2n) is 5.48. The maximum absolute atomic E-state index is 4.46. The van der Waals surface area contributed by atoms with E-state index in [1.807, 2.05) is 18.6 Å². The fourth-order valence-electron chi connectivity index (χ4n) is 2.22. The predicted molar refractivity (Wildman–Crippen MR) is 82.5 cm³/mol. The zero-order chi connectivity index (χ0) is 14.5. The Bertz CT molecular complexity index is 557. The van der Waals surface area contributed by atoms with Gasteiger partial charge in [-0.3, -0.25) is 9.67 Å². The molecule has 0 atom stereocenters. The standard InChI is InChI=1S/C16H24N4/c1-5-6-20-13(4)16(11-19-20)15-7-14(8-17-10-15)9-18-12(2)3/h7-8,10-12,18H,5-6,9H2,1-4H3. The first-order valence-corrected chi connectivity index (χ1v) is 7.32. The van der Waals surface area contributed by atoms with Crippen molar-refractivity contribution in [2.75, 3.05) is 0 Å². The molecule has 0 fully saturated rings. The number of aryl methyl sites for hydroxylation is 1. The highest BCUT2D eigenvalue weighted by molar-refractivity contribution is 5.64. The van der Waals surface area contributed by atoms with Crippen LogP contribution < -0.4 is 5.32 Å². The summed E-state index contributed by atoms with van der Waals surface area (Å²) in [5.41, 5.74) is 4.74. The highest BCUT2D eigenvalue weighted by Gasteiger charge is 2.09. The molecule has 0 spiro atoms. The lowest BCUT2D eigenvalue weighted by molar-refractivity contribution is 0.587. The molecule has 2 aromatic heterocycles. The lowest BCUT2D eigenvalue weighted by atomic mass is 10.1. The van der Waals surface area contributed by atoms with E-state index in [-0.39, 0.29) is 0 Å². The van der Waals surface area contributed by atoms with Gasteiger partial charge >= 0.3 is 0 Å². The number of rotatable bonds is 6. The molecule has 0 amide bonds. The first-order chi connectivity index (χ1) is 9.61. The smallest absolute Gasteiger partial charge is 0.0571 e. The Morgan fingerprint density at radius 1 is 1.25 bits per heavy atom. The van der Waals surface area contributed by atoms with E-state index in [4.69, 9.17) is 0 Å². The number of aromatic nitrogens is 3. The van der Waals surface area contributed by atoms with Crippen LogP contribution in [-0.4, -0.2) is 20.8 Å². The molecule has 0 saturated carbocycles. The Morgan fingerprint density at radius 2 is 2.05 bits per heavy atom. The molecule has 0 aromatic carbocycles. The minimum absolute atomic E-state index is 0.479. The molecule has 0 bridgehead atoms. The summed E-state index contributed by atoms with van der Waals surface area (Å²) >= 11 is 0. The minimum atomic E-state index is 0.479. The summed E-state index contributed by atoms with van der Waals surface area (Å²) in [6.45, 7) is 10.4. The van der Waals surface area contributed by atoms with Crippen LogP contribution in [0.1, 0.15) is 38.4 Å². The third kappa shape index (κ3) is 3.45. The average molecular weight is 272 g/mol. The van der Waals surface area contributed by atoms with E-state index in [0.29, 0.717) is 6.04 Å². The highest BCUT2D eigenvalue weighted by atomic mass is 15.3. The second kappa shape index (κ2) is 6.66. The molecule has 0 aliphatic carbocycles. The van der Waals surface area contributed by atoms with Crippen molar-refractivity contribution in [2.45, 2.75) is 53.2 Å². The molecule has 2 aromatic rings. The summed E-state index contributed by atoms with van der Waals surface area (Å²) < 4.78 is 2.06. The zero-order valence-electron chi connectivity index (χ0n) is 12.8. The molecule has 0 saturated heterocycles. The molecule has 0 unspecified atom stereocenters. The predicted octanol–water partition coefficient (Wildman–Crippen LogP) is 3.16. The molecule has 2 heterocycles. The lowest BCUT2D eigenvalue weighted by Crippen LogP contribution is -2.21. The van der Waals surface area contributed by atoms with E-state index >= 15 is 0 Å². The second-order valence-corrected chi connectivity index (χ2v) is 5.48. The maximum Gasteiger partial charge on any atom is 0.0571 e. The number of nitrogens with zero attached hydrogens (tertiary/aromatic N) is 3. The first-order valence-electron chi connectivity index (χ1n) is 7.32. The van der Waals surface area contributed by atoms with Crippen molar-refractivity contribution in [2.24, 2.45) is 0 Å². The van der Waals surface area contributed by atoms with Crippen LogP contribution in [0.5, 0.6) is 0 Å². The molecule has 20 heavy (non-hydrogen) atoms. The third-order valence-corrected chi connectivity index (χ3v) is 3.36. The molecule has 0 aliphatic rings. The van der Waals surface area contributed by atoms with Crippen LogP contribution in [0.2, 0.25) is 0 Å². The van der Waals surface area contributed by atoms with Crippen molar-refractivity contribution in [3.63, 3.8) is 0 Å². The minimum Gasteiger partial charge on any atom is -0.310 e. The van der Waals surface area contributed by atoms with Gasteiger partial charge in [0.1, 0.15) is 0 Å². The largest absolute Gasteiger partial charge is 0.310 e. The molecule has 0 aliphatic heterocycles. The average Bonchev–Trinajstić information content (AvgIpc) is 2.79. The van der Waals surface area contributed by atoms with E-state index in [9.17, 15) is 0 Å². The van der Waals surface area contributed by atoms with Gasteiger partial charge in [0.2, 0.25) is 0 Å². The fourth-order valence-corrected chi connectivity index (χ4v) is 2.22. The number of hydrogen-bond acceptors (Lipinski definition) is 3. The van der Waals surface area contributed by atoms with Crippen LogP contribution in [0.4, 0.5) is 0 Å². The van der Waals surface area contributed by atoms with Crippen LogP contribution in [0, 0.1) is 6.92 Å². The molecule has 0 radical (unpaired) electrons. The van der Waals surface area contributed by atoms with Gasteiger partial charge in [0.05, 0.1) is 6.20 Å². The SMILES string of the molecule is CCCn1ncc(-c2cncc(CNC(C)C)c2)c1C. The lowest BCUT2D eigenvalue weighted by Gasteiger charge is -2.09. The van der Waals surface area contributed by atoms with Gasteiger partial charge in [-0.15, -0.1) is 0 Å². The Balaban J connectivity index is 2.22. The number of pyridine rings is 1. The third-order valence-electron chi connectivity index (χ3n) is 3.36. The number of hydrogen-bond donors (Lipinski definition) is 1. The summed E-state index contributed by atoms with van der Waals surface area (Å²) in [6, 6.07) is 2.68. The van der Waals surface area contributed by atoms with Crippen molar-refractivity contribution >= 4 is 0 Å². The maximum atomic E-state index is 4.46. The van der Waals surface area contributed by atoms with Crippen molar-refractivity contribution in [3.8, 4) is 11.1 Å². The first kappa shape index (κ1) is 14.7. The molecular formula is C16H24N4. The van der Waals surface area contributed by atoms with E-state index in [0.717, 1.165) is 25.1 Å². The Labute approximate surface area is 121 Å². The summed E-state index contributed by atoms with van der Waals surface area (Å²) in [7, 11) is 0. The van der Waals surface area contributed by atoms with Gasteiger partial charge in [0, 0.05) is 48.3 Å². The van der Waals surface area contributed by atoms with Gasteiger partial charge in [-0.05, 0) is 25.0 Å². The molecule has 4 nitrogen and oxygen atoms in total. The van der Waals surface area contributed by atoms with Crippen molar-refractivity contribution in [3.05, 3.63) is 35.9 Å². The normalized spacial score (nSPS) is 11.2. The summed E-state index contributed by atoms with van der Waals surface area (Å²) in [4.78, 5) is 4.36. The fraction of sp³-hybridized carbons (Fsp3) is 0.500. The van der Waals surface area contributed by atoms with Crippen LogP contribution in [-0.2, 0) is 13.1 Å². The molecule has 4 heteroatoms. The van der Waals surface area contributed by atoms with Gasteiger partial charge < -0.3 is 5.32 Å². The van der Waals surface area contributed by atoms with Gasteiger partial charge in [-0.2, -0.15) is 5.10 Å². The summed E-state index contributed by atoms with van der Waals surface area (Å²) in [5.74, 6) is 0. The zero-order valence-corrected chi connectivity index (χ0v) is 12.8.